The van der Waals surface area contributed by atoms with Crippen molar-refractivity contribution >= 4 is 23.4 Å². The highest BCUT2D eigenvalue weighted by molar-refractivity contribution is 6.30. The molecule has 1 aliphatic heterocycles. The molecule has 176 valence electrons. The number of pyridine rings is 1. The first kappa shape index (κ1) is 23.3. The number of fused-ring (bicyclic) bond motifs is 2. The van der Waals surface area contributed by atoms with Gasteiger partial charge in [0.15, 0.2) is 11.4 Å². The minimum absolute atomic E-state index is 0.0789. The summed E-state index contributed by atoms with van der Waals surface area (Å²) in [5, 5.41) is 13.1. The third-order valence-corrected chi connectivity index (χ3v) is 6.80. The Kier molecular flexibility index (Phi) is 6.20. The van der Waals surface area contributed by atoms with Gasteiger partial charge in [-0.15, -0.1) is 0 Å². The van der Waals surface area contributed by atoms with Gasteiger partial charge in [0.05, 0.1) is 10.6 Å². The van der Waals surface area contributed by atoms with Gasteiger partial charge >= 0.3 is 0 Å². The molecule has 10 heteroatoms. The average Bonchev–Trinajstić information content (AvgIpc) is 2.77. The Balaban J connectivity index is 1.69. The Morgan fingerprint density at radius 3 is 2.76 bits per heavy atom. The molecule has 1 aromatic carbocycles. The van der Waals surface area contributed by atoms with Crippen molar-refractivity contribution in [2.45, 2.75) is 31.8 Å². The van der Waals surface area contributed by atoms with E-state index in [2.05, 4.69) is 5.32 Å². The van der Waals surface area contributed by atoms with Gasteiger partial charge in [-0.25, -0.2) is 4.39 Å². The summed E-state index contributed by atoms with van der Waals surface area (Å²) in [6.07, 6.45) is 2.69. The zero-order valence-corrected chi connectivity index (χ0v) is 19.1. The topological polar surface area (TPSA) is 101 Å². The summed E-state index contributed by atoms with van der Waals surface area (Å²) in [6, 6.07) is 4.41. The van der Waals surface area contributed by atoms with E-state index in [-0.39, 0.29) is 34.3 Å². The molecule has 0 unspecified atom stereocenters. The monoisotopic (exact) mass is 477 g/mol. The molecule has 2 heterocycles. The molecular weight excluding hydrogens is 453 g/mol. The second kappa shape index (κ2) is 8.79. The van der Waals surface area contributed by atoms with E-state index in [4.69, 9.17) is 16.3 Å². The van der Waals surface area contributed by atoms with E-state index >= 15 is 0 Å². The quantitative estimate of drug-likeness (QED) is 0.665. The van der Waals surface area contributed by atoms with Crippen molar-refractivity contribution in [1.82, 2.24) is 14.8 Å². The molecule has 2 N–H and O–H groups in total. The standard InChI is InChI=1S/C23H25ClFN3O5/c1-3-27-12-23(7-13(8-23)11-33-2)28-10-15(19(29)20(30)18(28)22(27)32)21(31)26-9-14-5-4-6-16(24)17(14)25/h4-6,10,13,30H,3,7-9,11-12H2,1-2H3,(H,26,31). The molecule has 2 amide bonds. The summed E-state index contributed by atoms with van der Waals surface area (Å²) in [7, 11) is 1.62. The molecular formula is C23H25ClFN3O5. The second-order valence-corrected chi connectivity index (χ2v) is 9.02. The first-order valence-corrected chi connectivity index (χ1v) is 11.1. The molecule has 1 aliphatic carbocycles. The molecule has 8 nitrogen and oxygen atoms in total. The van der Waals surface area contributed by atoms with Crippen LogP contribution in [0.3, 0.4) is 0 Å². The highest BCUT2D eigenvalue weighted by Gasteiger charge is 2.52. The van der Waals surface area contributed by atoms with Gasteiger partial charge in [-0.2, -0.15) is 0 Å². The maximum atomic E-state index is 14.1. The number of ether oxygens (including phenoxy) is 1. The molecule has 0 atom stereocenters. The van der Waals surface area contributed by atoms with Crippen LogP contribution in [0.2, 0.25) is 5.02 Å². The van der Waals surface area contributed by atoms with Crippen LogP contribution < -0.4 is 10.7 Å². The van der Waals surface area contributed by atoms with Crippen molar-refractivity contribution in [3.05, 3.63) is 62.3 Å². The lowest BCUT2D eigenvalue weighted by Gasteiger charge is -2.54. The fraction of sp³-hybridized carbons (Fsp3) is 0.435. The number of carbonyl (C=O) groups excluding carboxylic acids is 2. The molecule has 4 rings (SSSR count). The van der Waals surface area contributed by atoms with Crippen LogP contribution in [0.25, 0.3) is 0 Å². The van der Waals surface area contributed by atoms with Crippen molar-refractivity contribution in [3.63, 3.8) is 0 Å². The fourth-order valence-corrected chi connectivity index (χ4v) is 5.09. The van der Waals surface area contributed by atoms with E-state index in [1.807, 2.05) is 6.92 Å². The van der Waals surface area contributed by atoms with Crippen LogP contribution in [0.1, 0.15) is 46.2 Å². The zero-order chi connectivity index (χ0) is 23.9. The van der Waals surface area contributed by atoms with Gasteiger partial charge in [-0.3, -0.25) is 14.4 Å². The van der Waals surface area contributed by atoms with Gasteiger partial charge in [0.1, 0.15) is 11.4 Å². The lowest BCUT2D eigenvalue weighted by Crippen LogP contribution is -2.61. The predicted molar refractivity (Wildman–Crippen MR) is 119 cm³/mol. The summed E-state index contributed by atoms with van der Waals surface area (Å²) in [6.45, 7) is 3.03. The van der Waals surface area contributed by atoms with Crippen molar-refractivity contribution in [2.24, 2.45) is 5.92 Å². The molecule has 2 aromatic rings. The second-order valence-electron chi connectivity index (χ2n) is 8.61. The Morgan fingerprint density at radius 2 is 2.09 bits per heavy atom. The maximum absolute atomic E-state index is 14.1. The van der Waals surface area contributed by atoms with Crippen molar-refractivity contribution < 1.29 is 23.8 Å². The van der Waals surface area contributed by atoms with Crippen molar-refractivity contribution in [2.75, 3.05) is 26.8 Å². The molecule has 2 aliphatic rings. The summed E-state index contributed by atoms with van der Waals surface area (Å²) >= 11 is 5.78. The molecule has 33 heavy (non-hydrogen) atoms. The van der Waals surface area contributed by atoms with Crippen LogP contribution in [0.4, 0.5) is 4.39 Å². The number of nitrogens with zero attached hydrogens (tertiary/aromatic N) is 2. The number of benzene rings is 1. The van der Waals surface area contributed by atoms with Gasteiger partial charge in [-0.05, 0) is 31.7 Å². The van der Waals surface area contributed by atoms with Crippen molar-refractivity contribution in [3.8, 4) is 5.75 Å². The number of hydrogen-bond donors (Lipinski definition) is 2. The van der Waals surface area contributed by atoms with E-state index in [0.29, 0.717) is 32.5 Å². The number of methoxy groups -OCH3 is 1. The molecule has 1 spiro atoms. The fourth-order valence-electron chi connectivity index (χ4n) is 4.90. The Hall–Kier alpha value is -2.91. The minimum atomic E-state index is -0.945. The first-order chi connectivity index (χ1) is 15.7. The van der Waals surface area contributed by atoms with Gasteiger partial charge in [0.2, 0.25) is 5.43 Å². The van der Waals surface area contributed by atoms with Crippen LogP contribution in [0, 0.1) is 11.7 Å². The molecule has 0 bridgehead atoms. The SMILES string of the molecule is CCN1CC2(CC(COC)C2)n2cc(C(=O)NCc3cccc(Cl)c3F)c(=O)c(O)c2C1=O. The molecule has 0 radical (unpaired) electrons. The molecule has 1 fully saturated rings. The Morgan fingerprint density at radius 1 is 1.36 bits per heavy atom. The summed E-state index contributed by atoms with van der Waals surface area (Å²) in [5.41, 5.74) is -1.75. The normalized spacial score (nSPS) is 21.6. The maximum Gasteiger partial charge on any atom is 0.274 e. The Bertz CT molecular complexity index is 1180. The summed E-state index contributed by atoms with van der Waals surface area (Å²) in [5.74, 6) is -2.39. The largest absolute Gasteiger partial charge is 0.503 e. The molecule has 1 aromatic heterocycles. The van der Waals surface area contributed by atoms with Gasteiger partial charge < -0.3 is 24.6 Å². The lowest BCUT2D eigenvalue weighted by molar-refractivity contribution is -0.0224. The third kappa shape index (κ3) is 3.89. The number of hydrogen-bond acceptors (Lipinski definition) is 5. The third-order valence-electron chi connectivity index (χ3n) is 6.51. The number of rotatable bonds is 6. The molecule has 1 saturated carbocycles. The van der Waals surface area contributed by atoms with Crippen LogP contribution >= 0.6 is 11.6 Å². The summed E-state index contributed by atoms with van der Waals surface area (Å²) in [4.78, 5) is 40.2. The number of aromatic hydroxyl groups is 1. The smallest absolute Gasteiger partial charge is 0.274 e. The number of halogens is 2. The summed E-state index contributed by atoms with van der Waals surface area (Å²) < 4.78 is 21.0. The van der Waals surface area contributed by atoms with Crippen LogP contribution in [0.5, 0.6) is 5.75 Å². The van der Waals surface area contributed by atoms with Crippen LogP contribution in [0.15, 0.2) is 29.2 Å². The van der Waals surface area contributed by atoms with Gasteiger partial charge in [0, 0.05) is 45.1 Å². The number of amides is 2. The van der Waals surface area contributed by atoms with Crippen molar-refractivity contribution in [1.29, 1.82) is 0 Å². The number of nitrogens with one attached hydrogen (secondary N) is 1. The number of aromatic nitrogens is 1. The van der Waals surface area contributed by atoms with E-state index in [9.17, 15) is 23.9 Å². The average molecular weight is 478 g/mol. The lowest BCUT2D eigenvalue weighted by atomic mass is 9.66. The van der Waals surface area contributed by atoms with Gasteiger partial charge in [0.25, 0.3) is 11.8 Å². The van der Waals surface area contributed by atoms with Gasteiger partial charge in [-0.1, -0.05) is 23.7 Å². The minimum Gasteiger partial charge on any atom is -0.503 e. The van der Waals surface area contributed by atoms with E-state index < -0.39 is 34.3 Å². The van der Waals surface area contributed by atoms with E-state index in [1.165, 1.54) is 18.3 Å². The Labute approximate surface area is 194 Å². The van der Waals surface area contributed by atoms with Crippen LogP contribution in [-0.2, 0) is 16.8 Å². The van der Waals surface area contributed by atoms with E-state index in [1.54, 1.807) is 22.6 Å². The number of carbonyl (C=O) groups is 2. The van der Waals surface area contributed by atoms with Crippen LogP contribution in [-0.4, -0.2) is 53.2 Å². The molecule has 0 saturated heterocycles. The highest BCUT2D eigenvalue weighted by atomic mass is 35.5. The first-order valence-electron chi connectivity index (χ1n) is 10.7. The zero-order valence-electron chi connectivity index (χ0n) is 18.4. The highest BCUT2D eigenvalue weighted by Crippen LogP contribution is 2.48. The van der Waals surface area contributed by atoms with E-state index in [0.717, 1.165) is 0 Å². The number of likely N-dealkylation sites (N-methyl/N-ethyl adjacent to an activating group) is 1. The predicted octanol–water partition coefficient (Wildman–Crippen LogP) is 2.50.